The number of rotatable bonds is 10. The lowest BCUT2D eigenvalue weighted by Gasteiger charge is -2.23. The van der Waals surface area contributed by atoms with E-state index in [0.717, 1.165) is 44.9 Å². The predicted molar refractivity (Wildman–Crippen MR) is 116 cm³/mol. The van der Waals surface area contributed by atoms with Crippen LogP contribution in [0.3, 0.4) is 0 Å². The lowest BCUT2D eigenvalue weighted by atomic mass is 9.85. The van der Waals surface area contributed by atoms with Crippen molar-refractivity contribution in [2.75, 3.05) is 14.1 Å². The molecule has 0 saturated heterocycles. The lowest BCUT2D eigenvalue weighted by Crippen LogP contribution is -2.22. The molecule has 3 rings (SSSR count). The zero-order chi connectivity index (χ0) is 20.8. The third kappa shape index (κ3) is 6.16. The minimum absolute atomic E-state index is 0.208. The van der Waals surface area contributed by atoms with Crippen molar-refractivity contribution in [3.05, 3.63) is 47.5 Å². The van der Waals surface area contributed by atoms with Crippen molar-refractivity contribution >= 4 is 5.91 Å². The van der Waals surface area contributed by atoms with Gasteiger partial charge in [-0.3, -0.25) is 4.79 Å². The van der Waals surface area contributed by atoms with Crippen LogP contribution in [0.1, 0.15) is 56.9 Å². The van der Waals surface area contributed by atoms with Crippen molar-refractivity contribution in [1.29, 1.82) is 0 Å². The van der Waals surface area contributed by atoms with Gasteiger partial charge in [-0.15, -0.1) is 0 Å². The molecule has 2 aliphatic carbocycles. The molecule has 0 spiro atoms. The fraction of sp³-hybridized carbons (Fsp3) is 0.640. The van der Waals surface area contributed by atoms with E-state index < -0.39 is 0 Å². The number of carbonyl (C=O) groups excluding carboxylic acids is 1. The molecule has 160 valence electrons. The fourth-order valence-corrected chi connectivity index (χ4v) is 5.22. The summed E-state index contributed by atoms with van der Waals surface area (Å²) in [5, 5.41) is 21.0. The molecule has 2 aliphatic rings. The number of amides is 1. The van der Waals surface area contributed by atoms with E-state index in [9.17, 15) is 15.0 Å². The van der Waals surface area contributed by atoms with E-state index in [1.54, 1.807) is 4.90 Å². The number of nitrogens with zero attached hydrogens (tertiary/aromatic N) is 1. The lowest BCUT2D eigenvalue weighted by molar-refractivity contribution is -0.128. The highest BCUT2D eigenvalue weighted by molar-refractivity contribution is 5.75. The van der Waals surface area contributed by atoms with E-state index >= 15 is 0 Å². The standard InChI is InChI=1S/C25H37NO3/c1-26(2)25(29)11-7-6-10-19-14-20-17-24(28)22(23(20)16-19)13-12-21(27)15-18-8-4-3-5-9-18/h3-5,8-9,14,20-24,27-28H,6-7,10-13,15-17H2,1-2H3/t20-,21+,22+,23-,24+/m0/s1. The molecule has 0 heterocycles. The molecule has 5 atom stereocenters. The van der Waals surface area contributed by atoms with Gasteiger partial charge >= 0.3 is 0 Å². The average Bonchev–Trinajstić information content (AvgIpc) is 3.20. The van der Waals surface area contributed by atoms with E-state index in [1.165, 1.54) is 11.1 Å². The molecule has 2 N–H and O–H groups in total. The molecule has 1 saturated carbocycles. The van der Waals surface area contributed by atoms with Crippen molar-refractivity contribution in [3.8, 4) is 0 Å². The Morgan fingerprint density at radius 1 is 1.21 bits per heavy atom. The number of hydrogen-bond donors (Lipinski definition) is 2. The number of allylic oxidation sites excluding steroid dienone is 2. The minimum atomic E-state index is -0.341. The average molecular weight is 400 g/mol. The van der Waals surface area contributed by atoms with Gasteiger partial charge in [0.15, 0.2) is 0 Å². The van der Waals surface area contributed by atoms with Crippen LogP contribution in [0.25, 0.3) is 0 Å². The van der Waals surface area contributed by atoms with Gasteiger partial charge in [-0.2, -0.15) is 0 Å². The van der Waals surface area contributed by atoms with Crippen LogP contribution in [-0.2, 0) is 11.2 Å². The molecule has 4 nitrogen and oxygen atoms in total. The summed E-state index contributed by atoms with van der Waals surface area (Å²) in [6.45, 7) is 0. The van der Waals surface area contributed by atoms with Crippen LogP contribution >= 0.6 is 0 Å². The van der Waals surface area contributed by atoms with E-state index in [2.05, 4.69) is 18.2 Å². The third-order valence-electron chi connectivity index (χ3n) is 6.84. The summed E-state index contributed by atoms with van der Waals surface area (Å²) in [5.74, 6) is 1.54. The van der Waals surface area contributed by atoms with Crippen molar-refractivity contribution in [3.63, 3.8) is 0 Å². The maximum atomic E-state index is 11.7. The van der Waals surface area contributed by atoms with Crippen LogP contribution < -0.4 is 0 Å². The van der Waals surface area contributed by atoms with Gasteiger partial charge in [-0.1, -0.05) is 42.0 Å². The van der Waals surface area contributed by atoms with Gasteiger partial charge in [-0.05, 0) is 74.7 Å². The number of aliphatic hydroxyl groups is 2. The van der Waals surface area contributed by atoms with E-state index in [-0.39, 0.29) is 18.1 Å². The van der Waals surface area contributed by atoms with Crippen LogP contribution in [-0.4, -0.2) is 47.3 Å². The normalized spacial score (nSPS) is 26.8. The zero-order valence-corrected chi connectivity index (χ0v) is 18.0. The number of carbonyl (C=O) groups is 1. The fourth-order valence-electron chi connectivity index (χ4n) is 5.22. The Balaban J connectivity index is 1.41. The van der Waals surface area contributed by atoms with Gasteiger partial charge in [0.25, 0.3) is 0 Å². The quantitative estimate of drug-likeness (QED) is 0.462. The van der Waals surface area contributed by atoms with Crippen LogP contribution in [0.15, 0.2) is 42.0 Å². The summed E-state index contributed by atoms with van der Waals surface area (Å²) in [5.41, 5.74) is 2.68. The maximum Gasteiger partial charge on any atom is 0.222 e. The third-order valence-corrected chi connectivity index (χ3v) is 6.84. The van der Waals surface area contributed by atoms with Crippen molar-refractivity contribution in [2.45, 2.75) is 70.0 Å². The molecule has 4 heteroatoms. The van der Waals surface area contributed by atoms with Crippen LogP contribution in [0.5, 0.6) is 0 Å². The highest BCUT2D eigenvalue weighted by Crippen LogP contribution is 2.49. The Morgan fingerprint density at radius 2 is 1.97 bits per heavy atom. The second-order valence-electron chi connectivity index (χ2n) is 9.24. The number of hydrogen-bond acceptors (Lipinski definition) is 3. The first-order chi connectivity index (χ1) is 13.9. The maximum absolute atomic E-state index is 11.7. The summed E-state index contributed by atoms with van der Waals surface area (Å²) in [6, 6.07) is 10.1. The Morgan fingerprint density at radius 3 is 2.69 bits per heavy atom. The van der Waals surface area contributed by atoms with Crippen LogP contribution in [0, 0.1) is 17.8 Å². The minimum Gasteiger partial charge on any atom is -0.393 e. The summed E-state index contributed by atoms with van der Waals surface area (Å²) in [6.07, 6.45) is 9.84. The van der Waals surface area contributed by atoms with Gasteiger partial charge in [0, 0.05) is 20.5 Å². The molecule has 29 heavy (non-hydrogen) atoms. The van der Waals surface area contributed by atoms with Gasteiger partial charge in [0.05, 0.1) is 12.2 Å². The van der Waals surface area contributed by atoms with Crippen molar-refractivity contribution < 1.29 is 15.0 Å². The number of benzene rings is 1. The first kappa shape index (κ1) is 22.0. The summed E-state index contributed by atoms with van der Waals surface area (Å²) in [4.78, 5) is 13.3. The number of unbranched alkanes of at least 4 members (excludes halogenated alkanes) is 1. The Labute approximate surface area is 175 Å². The van der Waals surface area contributed by atoms with Gasteiger partial charge in [-0.25, -0.2) is 0 Å². The highest BCUT2D eigenvalue weighted by atomic mass is 16.3. The van der Waals surface area contributed by atoms with Crippen LogP contribution in [0.4, 0.5) is 0 Å². The molecule has 0 radical (unpaired) electrons. The Kier molecular flexibility index (Phi) is 7.91. The first-order valence-electron chi connectivity index (χ1n) is 11.2. The largest absolute Gasteiger partial charge is 0.393 e. The molecule has 1 amide bonds. The molecule has 0 aromatic heterocycles. The molecule has 1 aromatic rings. The van der Waals surface area contributed by atoms with Gasteiger partial charge in [0.1, 0.15) is 0 Å². The van der Waals surface area contributed by atoms with Gasteiger partial charge < -0.3 is 15.1 Å². The monoisotopic (exact) mass is 399 g/mol. The number of aliphatic hydroxyl groups excluding tert-OH is 2. The van der Waals surface area contributed by atoms with E-state index in [1.807, 2.05) is 32.3 Å². The molecular weight excluding hydrogens is 362 g/mol. The second kappa shape index (κ2) is 10.4. The molecule has 0 aliphatic heterocycles. The topological polar surface area (TPSA) is 60.8 Å². The SMILES string of the molecule is CN(C)C(=O)CCCCC1=C[C@H]2C[C@@H](O)[C@H](CC[C@@H](O)Cc3ccccc3)[C@H]2C1. The molecule has 1 aromatic carbocycles. The summed E-state index contributed by atoms with van der Waals surface area (Å²) in [7, 11) is 3.62. The van der Waals surface area contributed by atoms with E-state index in [0.29, 0.717) is 30.6 Å². The Hall–Kier alpha value is -1.65. The van der Waals surface area contributed by atoms with Crippen molar-refractivity contribution in [2.24, 2.45) is 17.8 Å². The second-order valence-corrected chi connectivity index (χ2v) is 9.24. The molecule has 0 bridgehead atoms. The van der Waals surface area contributed by atoms with Crippen molar-refractivity contribution in [1.82, 2.24) is 4.90 Å². The van der Waals surface area contributed by atoms with Gasteiger partial charge in [0.2, 0.25) is 5.91 Å². The number of fused-ring (bicyclic) bond motifs is 1. The summed E-state index contributed by atoms with van der Waals surface area (Å²) < 4.78 is 0. The molecule has 1 fully saturated rings. The Bertz CT molecular complexity index is 685. The smallest absolute Gasteiger partial charge is 0.222 e. The van der Waals surface area contributed by atoms with Crippen LogP contribution in [0.2, 0.25) is 0 Å². The highest BCUT2D eigenvalue weighted by Gasteiger charge is 2.44. The summed E-state index contributed by atoms with van der Waals surface area (Å²) >= 11 is 0. The predicted octanol–water partition coefficient (Wildman–Crippen LogP) is 3.96. The molecular formula is C25H37NO3. The molecule has 0 unspecified atom stereocenters. The first-order valence-corrected chi connectivity index (χ1v) is 11.2. The zero-order valence-electron chi connectivity index (χ0n) is 18.0. The van der Waals surface area contributed by atoms with E-state index in [4.69, 9.17) is 0 Å².